The van der Waals surface area contributed by atoms with Crippen LogP contribution in [0.4, 0.5) is 0 Å². The van der Waals surface area contributed by atoms with Crippen molar-refractivity contribution in [3.8, 4) is 0 Å². The topological polar surface area (TPSA) is 63.2 Å². The average Bonchev–Trinajstić information content (AvgIpc) is 2.89. The monoisotopic (exact) mass is 255 g/mol. The van der Waals surface area contributed by atoms with Gasteiger partial charge in [-0.2, -0.15) is 0 Å². The molecule has 2 rings (SSSR count). The van der Waals surface area contributed by atoms with Crippen LogP contribution in [0.2, 0.25) is 0 Å². The van der Waals surface area contributed by atoms with E-state index in [2.05, 4.69) is 19.2 Å². The predicted octanol–water partition coefficient (Wildman–Crippen LogP) is -0.632. The van der Waals surface area contributed by atoms with E-state index in [0.717, 1.165) is 13.0 Å². The SMILES string of the molecule is COC(=O)[C@H](CC(C)C)N1C[C@H]2CC[NH2+][C@H]2C1=O. The third-order valence-electron chi connectivity index (χ3n) is 4.01. The quantitative estimate of drug-likeness (QED) is 0.680. The van der Waals surface area contributed by atoms with E-state index in [0.29, 0.717) is 24.8 Å². The zero-order chi connectivity index (χ0) is 13.3. The van der Waals surface area contributed by atoms with Gasteiger partial charge >= 0.3 is 5.97 Å². The number of carbonyl (C=O) groups is 2. The van der Waals surface area contributed by atoms with Crippen LogP contribution in [0.15, 0.2) is 0 Å². The second-order valence-corrected chi connectivity index (χ2v) is 5.76. The Morgan fingerprint density at radius 3 is 2.83 bits per heavy atom. The maximum Gasteiger partial charge on any atom is 0.328 e. The second kappa shape index (κ2) is 5.26. The number of fused-ring (bicyclic) bond motifs is 1. The molecule has 0 aromatic heterocycles. The summed E-state index contributed by atoms with van der Waals surface area (Å²) < 4.78 is 4.85. The average molecular weight is 255 g/mol. The summed E-state index contributed by atoms with van der Waals surface area (Å²) in [6, 6.07) is -0.356. The van der Waals surface area contributed by atoms with Crippen LogP contribution in [0, 0.1) is 11.8 Å². The molecule has 2 aliphatic rings. The summed E-state index contributed by atoms with van der Waals surface area (Å²) in [7, 11) is 1.39. The Balaban J connectivity index is 2.11. The normalized spacial score (nSPS) is 28.7. The number of quaternary nitrogens is 1. The van der Waals surface area contributed by atoms with Gasteiger partial charge in [0.2, 0.25) is 0 Å². The highest BCUT2D eigenvalue weighted by molar-refractivity contribution is 5.88. The number of esters is 1. The van der Waals surface area contributed by atoms with Gasteiger partial charge in [0.25, 0.3) is 5.91 Å². The van der Waals surface area contributed by atoms with Gasteiger partial charge < -0.3 is 15.0 Å². The smallest absolute Gasteiger partial charge is 0.328 e. The van der Waals surface area contributed by atoms with E-state index in [9.17, 15) is 9.59 Å². The number of rotatable bonds is 4. The van der Waals surface area contributed by atoms with Crippen LogP contribution in [-0.2, 0) is 14.3 Å². The van der Waals surface area contributed by atoms with Crippen molar-refractivity contribution in [3.05, 3.63) is 0 Å². The lowest BCUT2D eigenvalue weighted by Crippen LogP contribution is -2.89. The summed E-state index contributed by atoms with van der Waals surface area (Å²) in [5.41, 5.74) is 0. The van der Waals surface area contributed by atoms with E-state index in [-0.39, 0.29) is 17.9 Å². The lowest BCUT2D eigenvalue weighted by molar-refractivity contribution is -0.659. The first-order chi connectivity index (χ1) is 8.54. The van der Waals surface area contributed by atoms with Gasteiger partial charge in [-0.05, 0) is 12.3 Å². The molecule has 2 N–H and O–H groups in total. The van der Waals surface area contributed by atoms with Crippen LogP contribution in [0.3, 0.4) is 0 Å². The lowest BCUT2D eigenvalue weighted by atomic mass is 10.0. The fourth-order valence-electron chi connectivity index (χ4n) is 3.12. The number of methoxy groups -OCH3 is 1. The number of hydrogen-bond acceptors (Lipinski definition) is 3. The zero-order valence-corrected chi connectivity index (χ0v) is 11.4. The van der Waals surface area contributed by atoms with Gasteiger partial charge in [-0.3, -0.25) is 4.79 Å². The van der Waals surface area contributed by atoms with Gasteiger partial charge in [0.1, 0.15) is 6.04 Å². The van der Waals surface area contributed by atoms with Crippen molar-refractivity contribution in [1.82, 2.24) is 4.90 Å². The molecule has 2 aliphatic heterocycles. The zero-order valence-electron chi connectivity index (χ0n) is 11.4. The van der Waals surface area contributed by atoms with Gasteiger partial charge in [0.15, 0.2) is 6.04 Å². The molecule has 2 fully saturated rings. The maximum absolute atomic E-state index is 12.3. The van der Waals surface area contributed by atoms with Gasteiger partial charge in [-0.1, -0.05) is 13.8 Å². The Morgan fingerprint density at radius 2 is 2.28 bits per heavy atom. The van der Waals surface area contributed by atoms with Crippen molar-refractivity contribution in [1.29, 1.82) is 0 Å². The Morgan fingerprint density at radius 1 is 1.56 bits per heavy atom. The Bertz CT molecular complexity index is 343. The van der Waals surface area contributed by atoms with Crippen LogP contribution in [0.5, 0.6) is 0 Å². The number of ether oxygens (including phenoxy) is 1. The molecule has 5 heteroatoms. The molecule has 0 bridgehead atoms. The van der Waals surface area contributed by atoms with Crippen molar-refractivity contribution >= 4 is 11.9 Å². The van der Waals surface area contributed by atoms with Crippen LogP contribution in [-0.4, -0.2) is 49.1 Å². The molecule has 18 heavy (non-hydrogen) atoms. The highest BCUT2D eigenvalue weighted by atomic mass is 16.5. The van der Waals surface area contributed by atoms with Crippen molar-refractivity contribution in [2.45, 2.75) is 38.8 Å². The summed E-state index contributed by atoms with van der Waals surface area (Å²) in [5.74, 6) is 0.619. The molecule has 0 aromatic carbocycles. The molecule has 5 nitrogen and oxygen atoms in total. The highest BCUT2D eigenvalue weighted by Gasteiger charge is 2.50. The Hall–Kier alpha value is -1.10. The fourth-order valence-corrected chi connectivity index (χ4v) is 3.12. The van der Waals surface area contributed by atoms with E-state index in [1.165, 1.54) is 7.11 Å². The van der Waals surface area contributed by atoms with Gasteiger partial charge in [0.05, 0.1) is 13.7 Å². The molecule has 2 heterocycles. The van der Waals surface area contributed by atoms with Crippen molar-refractivity contribution < 1.29 is 19.6 Å². The molecule has 3 atom stereocenters. The molecule has 0 unspecified atom stereocenters. The number of nitrogens with zero attached hydrogens (tertiary/aromatic N) is 1. The van der Waals surface area contributed by atoms with Crippen molar-refractivity contribution in [2.24, 2.45) is 11.8 Å². The third-order valence-corrected chi connectivity index (χ3v) is 4.01. The summed E-state index contributed by atoms with van der Waals surface area (Å²) in [5, 5.41) is 2.11. The van der Waals surface area contributed by atoms with Crippen LogP contribution in [0.25, 0.3) is 0 Å². The molecular formula is C13H23N2O3+. The molecule has 2 saturated heterocycles. The summed E-state index contributed by atoms with van der Waals surface area (Å²) >= 11 is 0. The van der Waals surface area contributed by atoms with Crippen LogP contribution in [0.1, 0.15) is 26.7 Å². The van der Waals surface area contributed by atoms with E-state index < -0.39 is 6.04 Å². The molecule has 102 valence electrons. The largest absolute Gasteiger partial charge is 0.467 e. The first-order valence-corrected chi connectivity index (χ1v) is 6.76. The fraction of sp³-hybridized carbons (Fsp3) is 0.846. The number of carbonyl (C=O) groups excluding carboxylic acids is 2. The number of likely N-dealkylation sites (tertiary alicyclic amines) is 1. The molecule has 0 aliphatic carbocycles. The standard InChI is InChI=1S/C13H22N2O3/c1-8(2)6-10(13(17)18-3)15-7-9-4-5-14-11(9)12(15)16/h8-11,14H,4-7H2,1-3H3/p+1/t9-,10+,11-/m1/s1. The number of hydrogen-bond donors (Lipinski definition) is 1. The summed E-state index contributed by atoms with van der Waals surface area (Å²) in [4.78, 5) is 25.9. The summed E-state index contributed by atoms with van der Waals surface area (Å²) in [6.07, 6.45) is 1.75. The first-order valence-electron chi connectivity index (χ1n) is 6.76. The van der Waals surface area contributed by atoms with Crippen LogP contribution >= 0.6 is 0 Å². The first kappa shape index (κ1) is 13.3. The van der Waals surface area contributed by atoms with Gasteiger partial charge in [-0.25, -0.2) is 4.79 Å². The van der Waals surface area contributed by atoms with Crippen LogP contribution < -0.4 is 5.32 Å². The molecule has 1 amide bonds. The van der Waals surface area contributed by atoms with E-state index in [4.69, 9.17) is 4.74 Å². The lowest BCUT2D eigenvalue weighted by Gasteiger charge is -2.27. The van der Waals surface area contributed by atoms with Crippen molar-refractivity contribution in [2.75, 3.05) is 20.2 Å². The predicted molar refractivity (Wildman–Crippen MR) is 65.7 cm³/mol. The molecule has 0 aromatic rings. The molecular weight excluding hydrogens is 232 g/mol. The van der Waals surface area contributed by atoms with E-state index in [1.807, 2.05) is 0 Å². The van der Waals surface area contributed by atoms with Gasteiger partial charge in [-0.15, -0.1) is 0 Å². The highest BCUT2D eigenvalue weighted by Crippen LogP contribution is 2.26. The minimum Gasteiger partial charge on any atom is -0.467 e. The van der Waals surface area contributed by atoms with E-state index in [1.54, 1.807) is 4.90 Å². The minimum atomic E-state index is -0.401. The minimum absolute atomic E-state index is 0.0457. The second-order valence-electron chi connectivity index (χ2n) is 5.76. The molecule has 0 saturated carbocycles. The number of nitrogens with two attached hydrogens (primary N) is 1. The molecule has 0 spiro atoms. The third kappa shape index (κ3) is 2.36. The number of amides is 1. The van der Waals surface area contributed by atoms with Crippen molar-refractivity contribution in [3.63, 3.8) is 0 Å². The maximum atomic E-state index is 12.3. The Kier molecular flexibility index (Phi) is 3.90. The summed E-state index contributed by atoms with van der Waals surface area (Å²) in [6.45, 7) is 5.86. The Labute approximate surface area is 108 Å². The molecule has 0 radical (unpaired) electrons. The van der Waals surface area contributed by atoms with E-state index >= 15 is 0 Å². The van der Waals surface area contributed by atoms with Gasteiger partial charge in [0, 0.05) is 18.9 Å².